The quantitative estimate of drug-likeness (QED) is 0.774. The van der Waals surface area contributed by atoms with Crippen molar-refractivity contribution < 1.29 is 9.53 Å². The Morgan fingerprint density at radius 1 is 1.21 bits per heavy atom. The predicted octanol–water partition coefficient (Wildman–Crippen LogP) is 4.02. The van der Waals surface area contributed by atoms with Crippen molar-refractivity contribution >= 4 is 5.91 Å². The van der Waals surface area contributed by atoms with E-state index >= 15 is 0 Å². The molecule has 1 amide bonds. The number of nitrogens with one attached hydrogen (secondary N) is 1. The lowest BCUT2D eigenvalue weighted by atomic mass is 10.0. The van der Waals surface area contributed by atoms with Crippen LogP contribution in [0.15, 0.2) is 48.5 Å². The minimum Gasteiger partial charge on any atom is -0.480 e. The molecule has 1 heterocycles. The van der Waals surface area contributed by atoms with Gasteiger partial charge in [0.2, 0.25) is 0 Å². The van der Waals surface area contributed by atoms with E-state index in [4.69, 9.17) is 4.74 Å². The zero-order valence-electron chi connectivity index (χ0n) is 17.2. The van der Waals surface area contributed by atoms with Crippen molar-refractivity contribution in [1.29, 1.82) is 5.26 Å². The zero-order chi connectivity index (χ0) is 20.6. The number of para-hydroxylation sites is 1. The van der Waals surface area contributed by atoms with E-state index in [1.165, 1.54) is 24.8 Å². The topological polar surface area (TPSA) is 65.4 Å². The van der Waals surface area contributed by atoms with E-state index in [0.717, 1.165) is 18.7 Å². The van der Waals surface area contributed by atoms with Crippen LogP contribution in [-0.4, -0.2) is 29.5 Å². The van der Waals surface area contributed by atoms with Crippen LogP contribution in [0.2, 0.25) is 0 Å². The summed E-state index contributed by atoms with van der Waals surface area (Å²) in [6.45, 7) is 6.50. The fourth-order valence-corrected chi connectivity index (χ4v) is 3.73. The second-order valence-electron chi connectivity index (χ2n) is 7.67. The van der Waals surface area contributed by atoms with Gasteiger partial charge < -0.3 is 10.1 Å². The molecule has 0 radical (unpaired) electrons. The van der Waals surface area contributed by atoms with Gasteiger partial charge in [0.05, 0.1) is 5.56 Å². The molecule has 0 unspecified atom stereocenters. The van der Waals surface area contributed by atoms with Crippen LogP contribution in [0.4, 0.5) is 0 Å². The molecular weight excluding hydrogens is 362 g/mol. The number of benzene rings is 2. The van der Waals surface area contributed by atoms with E-state index < -0.39 is 6.10 Å². The van der Waals surface area contributed by atoms with Crippen molar-refractivity contribution in [2.75, 3.05) is 6.54 Å². The highest BCUT2D eigenvalue weighted by Crippen LogP contribution is 2.21. The summed E-state index contributed by atoms with van der Waals surface area (Å²) in [5, 5.41) is 12.2. The van der Waals surface area contributed by atoms with Crippen LogP contribution < -0.4 is 10.1 Å². The van der Waals surface area contributed by atoms with Gasteiger partial charge in [-0.2, -0.15) is 5.26 Å². The molecular formula is C24H29N3O2. The fourth-order valence-electron chi connectivity index (χ4n) is 3.73. The first kappa shape index (κ1) is 20.9. The Kier molecular flexibility index (Phi) is 7.26. The Labute approximate surface area is 173 Å². The normalized spacial score (nSPS) is 17.9. The van der Waals surface area contributed by atoms with Gasteiger partial charge in [0.1, 0.15) is 11.8 Å². The molecule has 5 heteroatoms. The van der Waals surface area contributed by atoms with Gasteiger partial charge in [-0.25, -0.2) is 0 Å². The van der Waals surface area contributed by atoms with Crippen molar-refractivity contribution in [3.8, 4) is 11.8 Å². The maximum absolute atomic E-state index is 12.5. The SMILES string of the molecule is C[C@H](Oc1ccccc1C#N)C(=O)NCc1ccccc1CN1CCCC[C@@H]1C. The minimum absolute atomic E-state index is 0.195. The average Bonchev–Trinajstić information content (AvgIpc) is 2.74. The lowest BCUT2D eigenvalue weighted by Gasteiger charge is -2.33. The number of nitrogens with zero attached hydrogens (tertiary/aromatic N) is 2. The number of amides is 1. The molecule has 0 bridgehead atoms. The Morgan fingerprint density at radius 2 is 1.93 bits per heavy atom. The van der Waals surface area contributed by atoms with Crippen molar-refractivity contribution in [3.63, 3.8) is 0 Å². The summed E-state index contributed by atoms with van der Waals surface area (Å²) in [5.74, 6) is 0.232. The smallest absolute Gasteiger partial charge is 0.261 e. The lowest BCUT2D eigenvalue weighted by Crippen LogP contribution is -2.38. The summed E-state index contributed by atoms with van der Waals surface area (Å²) in [4.78, 5) is 15.1. The van der Waals surface area contributed by atoms with E-state index in [1.54, 1.807) is 31.2 Å². The first-order chi connectivity index (χ1) is 14.1. The van der Waals surface area contributed by atoms with Crippen LogP contribution in [0.1, 0.15) is 49.8 Å². The highest BCUT2D eigenvalue weighted by molar-refractivity contribution is 5.80. The Balaban J connectivity index is 1.59. The summed E-state index contributed by atoms with van der Waals surface area (Å²) in [6, 6.07) is 17.9. The van der Waals surface area contributed by atoms with Gasteiger partial charge in [0.15, 0.2) is 6.10 Å². The molecule has 1 fully saturated rings. The summed E-state index contributed by atoms with van der Waals surface area (Å²) in [7, 11) is 0. The second kappa shape index (κ2) is 10.1. The molecule has 29 heavy (non-hydrogen) atoms. The van der Waals surface area contributed by atoms with Crippen molar-refractivity contribution in [2.45, 2.75) is 58.3 Å². The van der Waals surface area contributed by atoms with Crippen molar-refractivity contribution in [2.24, 2.45) is 0 Å². The number of nitriles is 1. The first-order valence-electron chi connectivity index (χ1n) is 10.3. The second-order valence-corrected chi connectivity index (χ2v) is 7.67. The number of piperidine rings is 1. The van der Waals surface area contributed by atoms with E-state index in [2.05, 4.69) is 41.4 Å². The zero-order valence-corrected chi connectivity index (χ0v) is 17.2. The number of carbonyl (C=O) groups is 1. The highest BCUT2D eigenvalue weighted by Gasteiger charge is 2.20. The predicted molar refractivity (Wildman–Crippen MR) is 113 cm³/mol. The van der Waals surface area contributed by atoms with Crippen LogP contribution in [0.5, 0.6) is 5.75 Å². The van der Waals surface area contributed by atoms with Crippen LogP contribution in [0.3, 0.4) is 0 Å². The molecule has 1 N–H and O–H groups in total. The molecule has 0 aromatic heterocycles. The third-order valence-electron chi connectivity index (χ3n) is 5.57. The number of hydrogen-bond acceptors (Lipinski definition) is 4. The summed E-state index contributed by atoms with van der Waals surface area (Å²) < 4.78 is 5.71. The molecule has 152 valence electrons. The number of likely N-dealkylation sites (tertiary alicyclic amines) is 1. The molecule has 3 rings (SSSR count). The van der Waals surface area contributed by atoms with Crippen molar-refractivity contribution in [1.82, 2.24) is 10.2 Å². The third-order valence-corrected chi connectivity index (χ3v) is 5.57. The minimum atomic E-state index is -0.682. The first-order valence-corrected chi connectivity index (χ1v) is 10.3. The molecule has 5 nitrogen and oxygen atoms in total. The van der Waals surface area contributed by atoms with Gasteiger partial charge in [-0.3, -0.25) is 9.69 Å². The van der Waals surface area contributed by atoms with Crippen LogP contribution in [0.25, 0.3) is 0 Å². The highest BCUT2D eigenvalue weighted by atomic mass is 16.5. The third kappa shape index (κ3) is 5.58. The molecule has 0 spiro atoms. The molecule has 1 aliphatic heterocycles. The maximum atomic E-state index is 12.5. The Bertz CT molecular complexity index is 874. The van der Waals surface area contributed by atoms with E-state index in [0.29, 0.717) is 23.9 Å². The van der Waals surface area contributed by atoms with Gasteiger partial charge in [-0.15, -0.1) is 0 Å². The largest absolute Gasteiger partial charge is 0.480 e. The number of rotatable bonds is 7. The van der Waals surface area contributed by atoms with E-state index in [-0.39, 0.29) is 5.91 Å². The maximum Gasteiger partial charge on any atom is 0.261 e. The molecule has 1 aliphatic rings. The standard InChI is InChI=1S/C24H29N3O2/c1-18-9-7-8-14-27(18)17-22-12-4-3-11-21(22)16-26-24(28)19(2)29-23-13-6-5-10-20(23)15-25/h3-6,10-13,18-19H,7-9,14,16-17H2,1-2H3,(H,26,28)/t18-,19-/m0/s1. The Morgan fingerprint density at radius 3 is 2.69 bits per heavy atom. The average molecular weight is 392 g/mol. The van der Waals surface area contributed by atoms with Crippen molar-refractivity contribution in [3.05, 3.63) is 65.2 Å². The molecule has 2 aromatic carbocycles. The number of carbonyl (C=O) groups excluding carboxylic acids is 1. The van der Waals surface area contributed by atoms with Crippen LogP contribution in [0, 0.1) is 11.3 Å². The van der Waals surface area contributed by atoms with Crippen LogP contribution >= 0.6 is 0 Å². The summed E-state index contributed by atoms with van der Waals surface area (Å²) in [5.41, 5.74) is 2.81. The van der Waals surface area contributed by atoms with Gasteiger partial charge >= 0.3 is 0 Å². The summed E-state index contributed by atoms with van der Waals surface area (Å²) in [6.07, 6.45) is 3.13. The van der Waals surface area contributed by atoms with E-state index in [1.807, 2.05) is 6.07 Å². The summed E-state index contributed by atoms with van der Waals surface area (Å²) >= 11 is 0. The Hall–Kier alpha value is -2.84. The van der Waals surface area contributed by atoms with Crippen LogP contribution in [-0.2, 0) is 17.9 Å². The lowest BCUT2D eigenvalue weighted by molar-refractivity contribution is -0.127. The monoisotopic (exact) mass is 391 g/mol. The van der Waals surface area contributed by atoms with E-state index in [9.17, 15) is 10.1 Å². The molecule has 1 saturated heterocycles. The number of hydrogen-bond donors (Lipinski definition) is 1. The molecule has 0 saturated carbocycles. The molecule has 2 atom stereocenters. The van der Waals surface area contributed by atoms with Gasteiger partial charge in [0, 0.05) is 19.1 Å². The van der Waals surface area contributed by atoms with Gasteiger partial charge in [-0.05, 0) is 56.5 Å². The molecule has 0 aliphatic carbocycles. The fraction of sp³-hybridized carbons (Fsp3) is 0.417. The van der Waals surface area contributed by atoms with Gasteiger partial charge in [-0.1, -0.05) is 42.8 Å². The van der Waals surface area contributed by atoms with Gasteiger partial charge in [0.25, 0.3) is 5.91 Å². The molecule has 2 aromatic rings. The number of ether oxygens (including phenoxy) is 1.